The number of hydrogen-bond donors (Lipinski definition) is 1. The van der Waals surface area contributed by atoms with Crippen LogP contribution in [0.5, 0.6) is 0 Å². The summed E-state index contributed by atoms with van der Waals surface area (Å²) < 4.78 is 26.4. The number of thiazole rings is 1. The normalized spacial score (nSPS) is 11.0. The van der Waals surface area contributed by atoms with Crippen molar-refractivity contribution in [2.24, 2.45) is 0 Å². The van der Waals surface area contributed by atoms with Gasteiger partial charge < -0.3 is 5.11 Å². The van der Waals surface area contributed by atoms with Gasteiger partial charge in [-0.15, -0.1) is 11.3 Å². The second kappa shape index (κ2) is 9.22. The number of aromatic nitrogens is 1. The molecule has 0 fully saturated rings. The fourth-order valence-electron chi connectivity index (χ4n) is 2.00. The summed E-state index contributed by atoms with van der Waals surface area (Å²) >= 11 is 3.28. The van der Waals surface area contributed by atoms with Crippen LogP contribution in [0.2, 0.25) is 0 Å². The highest BCUT2D eigenvalue weighted by Crippen LogP contribution is 2.26. The van der Waals surface area contributed by atoms with Crippen molar-refractivity contribution < 1.29 is 13.9 Å². The lowest BCUT2D eigenvalue weighted by molar-refractivity contribution is 0.284. The number of aliphatic hydroxyl groups is 1. The lowest BCUT2D eigenvalue weighted by Crippen LogP contribution is -1.92. The highest BCUT2D eigenvalue weighted by atomic mass is 32.2. The largest absolute Gasteiger partial charge is 0.396 e. The molecule has 0 radical (unpaired) electrons. The van der Waals surface area contributed by atoms with Crippen LogP contribution >= 0.6 is 23.1 Å². The minimum atomic E-state index is -0.579. The minimum absolute atomic E-state index is 0.271. The number of aryl methyl sites for hydroxylation is 1. The third kappa shape index (κ3) is 5.66. The van der Waals surface area contributed by atoms with Crippen molar-refractivity contribution in [1.29, 1.82) is 0 Å². The standard InChI is InChI=1S/C16H19F2NOS2/c17-13-8-12(9-14(18)10-13)16-19-15(11-22-16)4-7-21-6-3-1-2-5-20/h8-11,20H,1-7H2. The van der Waals surface area contributed by atoms with Crippen LogP contribution in [0.4, 0.5) is 8.78 Å². The molecule has 0 aliphatic rings. The van der Waals surface area contributed by atoms with E-state index in [1.165, 1.54) is 23.5 Å². The van der Waals surface area contributed by atoms with E-state index < -0.39 is 11.6 Å². The van der Waals surface area contributed by atoms with E-state index in [2.05, 4.69) is 4.98 Å². The lowest BCUT2D eigenvalue weighted by atomic mass is 10.2. The number of hydrogen-bond acceptors (Lipinski definition) is 4. The zero-order valence-corrected chi connectivity index (χ0v) is 13.9. The molecule has 2 nitrogen and oxygen atoms in total. The predicted octanol–water partition coefficient (Wildman–Crippen LogP) is 4.53. The second-order valence-electron chi connectivity index (χ2n) is 4.95. The van der Waals surface area contributed by atoms with Crippen LogP contribution in [0, 0.1) is 11.6 Å². The molecule has 0 aliphatic heterocycles. The molecule has 2 aromatic rings. The summed E-state index contributed by atoms with van der Waals surface area (Å²) in [6.45, 7) is 0.271. The first kappa shape index (κ1) is 17.4. The third-order valence-corrected chi connectivity index (χ3v) is 5.12. The summed E-state index contributed by atoms with van der Waals surface area (Å²) in [6.07, 6.45) is 3.92. The minimum Gasteiger partial charge on any atom is -0.396 e. The number of nitrogens with zero attached hydrogens (tertiary/aromatic N) is 1. The zero-order valence-electron chi connectivity index (χ0n) is 12.2. The molecule has 1 heterocycles. The molecule has 0 aliphatic carbocycles. The summed E-state index contributed by atoms with van der Waals surface area (Å²) in [5, 5.41) is 11.3. The first-order chi connectivity index (χ1) is 10.7. The lowest BCUT2D eigenvalue weighted by Gasteiger charge is -2.00. The topological polar surface area (TPSA) is 33.1 Å². The number of aliphatic hydroxyl groups excluding tert-OH is 1. The molecular weight excluding hydrogens is 324 g/mol. The van der Waals surface area contributed by atoms with Crippen LogP contribution in [0.3, 0.4) is 0 Å². The Hall–Kier alpha value is -0.980. The fourth-order valence-corrected chi connectivity index (χ4v) is 3.81. The summed E-state index contributed by atoms with van der Waals surface area (Å²) in [6, 6.07) is 3.48. The summed E-state index contributed by atoms with van der Waals surface area (Å²) in [7, 11) is 0. The smallest absolute Gasteiger partial charge is 0.126 e. The van der Waals surface area contributed by atoms with Gasteiger partial charge in [0, 0.05) is 23.6 Å². The van der Waals surface area contributed by atoms with E-state index in [-0.39, 0.29) is 6.61 Å². The van der Waals surface area contributed by atoms with Gasteiger partial charge >= 0.3 is 0 Å². The average molecular weight is 343 g/mol. The molecule has 0 saturated carbocycles. The molecule has 1 aromatic carbocycles. The quantitative estimate of drug-likeness (QED) is 0.679. The number of rotatable bonds is 9. The van der Waals surface area contributed by atoms with Crippen molar-refractivity contribution in [2.75, 3.05) is 18.1 Å². The van der Waals surface area contributed by atoms with E-state index in [1.807, 2.05) is 17.1 Å². The molecule has 0 atom stereocenters. The predicted molar refractivity (Wildman–Crippen MR) is 89.4 cm³/mol. The molecule has 0 bridgehead atoms. The maximum atomic E-state index is 13.2. The van der Waals surface area contributed by atoms with Crippen molar-refractivity contribution in [3.05, 3.63) is 40.9 Å². The maximum Gasteiger partial charge on any atom is 0.126 e. The van der Waals surface area contributed by atoms with E-state index in [0.717, 1.165) is 48.9 Å². The molecule has 1 aromatic heterocycles. The first-order valence-corrected chi connectivity index (χ1v) is 9.32. The molecular formula is C16H19F2NOS2. The Labute approximate surface area is 137 Å². The van der Waals surface area contributed by atoms with Crippen molar-refractivity contribution in [3.63, 3.8) is 0 Å². The zero-order chi connectivity index (χ0) is 15.8. The van der Waals surface area contributed by atoms with Crippen molar-refractivity contribution in [1.82, 2.24) is 4.98 Å². The van der Waals surface area contributed by atoms with Crippen LogP contribution in [-0.2, 0) is 6.42 Å². The van der Waals surface area contributed by atoms with Gasteiger partial charge in [-0.25, -0.2) is 13.8 Å². The Balaban J connectivity index is 1.79. The highest BCUT2D eigenvalue weighted by molar-refractivity contribution is 7.99. The van der Waals surface area contributed by atoms with Gasteiger partial charge in [-0.05, 0) is 42.9 Å². The van der Waals surface area contributed by atoms with E-state index >= 15 is 0 Å². The summed E-state index contributed by atoms with van der Waals surface area (Å²) in [5.41, 5.74) is 1.46. The number of halogens is 2. The molecule has 1 N–H and O–H groups in total. The van der Waals surface area contributed by atoms with Gasteiger partial charge in [-0.3, -0.25) is 0 Å². The third-order valence-electron chi connectivity index (χ3n) is 3.11. The highest BCUT2D eigenvalue weighted by Gasteiger charge is 2.08. The number of unbranched alkanes of at least 4 members (excludes halogenated alkanes) is 2. The molecule has 22 heavy (non-hydrogen) atoms. The van der Waals surface area contributed by atoms with Gasteiger partial charge in [0.15, 0.2) is 0 Å². The van der Waals surface area contributed by atoms with Crippen LogP contribution in [0.25, 0.3) is 10.6 Å². The Bertz CT molecular complexity index is 569. The maximum absolute atomic E-state index is 13.2. The molecule has 120 valence electrons. The van der Waals surface area contributed by atoms with Gasteiger partial charge in [0.25, 0.3) is 0 Å². The second-order valence-corrected chi connectivity index (χ2v) is 7.03. The Morgan fingerprint density at radius 3 is 2.55 bits per heavy atom. The van der Waals surface area contributed by atoms with Gasteiger partial charge in [-0.1, -0.05) is 6.42 Å². The van der Waals surface area contributed by atoms with E-state index in [1.54, 1.807) is 0 Å². The van der Waals surface area contributed by atoms with Crippen LogP contribution in [0.15, 0.2) is 23.6 Å². The average Bonchev–Trinajstić information content (AvgIpc) is 2.94. The Kier molecular flexibility index (Phi) is 7.29. The van der Waals surface area contributed by atoms with Crippen LogP contribution < -0.4 is 0 Å². The van der Waals surface area contributed by atoms with Crippen molar-refractivity contribution in [3.8, 4) is 10.6 Å². The monoisotopic (exact) mass is 343 g/mol. The van der Waals surface area contributed by atoms with Gasteiger partial charge in [0.2, 0.25) is 0 Å². The fraction of sp³-hybridized carbons (Fsp3) is 0.438. The Morgan fingerprint density at radius 2 is 1.82 bits per heavy atom. The first-order valence-electron chi connectivity index (χ1n) is 7.28. The summed E-state index contributed by atoms with van der Waals surface area (Å²) in [5.74, 6) is 0.918. The molecule has 6 heteroatoms. The Morgan fingerprint density at radius 1 is 1.05 bits per heavy atom. The van der Waals surface area contributed by atoms with E-state index in [0.29, 0.717) is 10.6 Å². The van der Waals surface area contributed by atoms with Gasteiger partial charge in [-0.2, -0.15) is 11.8 Å². The molecule has 0 spiro atoms. The molecule has 0 unspecified atom stereocenters. The van der Waals surface area contributed by atoms with Crippen LogP contribution in [-0.4, -0.2) is 28.2 Å². The van der Waals surface area contributed by atoms with Crippen molar-refractivity contribution >= 4 is 23.1 Å². The molecule has 0 saturated heterocycles. The van der Waals surface area contributed by atoms with Crippen LogP contribution in [0.1, 0.15) is 25.0 Å². The number of benzene rings is 1. The molecule has 0 amide bonds. The van der Waals surface area contributed by atoms with Gasteiger partial charge in [0.1, 0.15) is 16.6 Å². The SMILES string of the molecule is OCCCCCSCCc1csc(-c2cc(F)cc(F)c2)n1. The van der Waals surface area contributed by atoms with Gasteiger partial charge in [0.05, 0.1) is 5.69 Å². The van der Waals surface area contributed by atoms with E-state index in [9.17, 15) is 8.78 Å². The molecule has 2 rings (SSSR count). The van der Waals surface area contributed by atoms with Crippen molar-refractivity contribution in [2.45, 2.75) is 25.7 Å². The number of thioether (sulfide) groups is 1. The van der Waals surface area contributed by atoms with E-state index in [4.69, 9.17) is 5.11 Å². The summed E-state index contributed by atoms with van der Waals surface area (Å²) in [4.78, 5) is 4.45.